The molecule has 2 aromatic rings. The minimum Gasteiger partial charge on any atom is -0.478 e. The van der Waals surface area contributed by atoms with Crippen LogP contribution >= 0.6 is 0 Å². The Kier molecular flexibility index (Phi) is 3.64. The normalized spacial score (nSPS) is 10.9. The fraction of sp³-hybridized carbons (Fsp3) is 0.0833. The summed E-state index contributed by atoms with van der Waals surface area (Å²) in [6.07, 6.45) is 1.24. The lowest BCUT2D eigenvalue weighted by molar-refractivity contribution is 0.0696. The number of benzene rings is 1. The minimum atomic E-state index is -3.94. The van der Waals surface area contributed by atoms with Crippen molar-refractivity contribution in [3.05, 3.63) is 41.6 Å². The Balaban J connectivity index is 2.37. The smallest absolute Gasteiger partial charge is 0.335 e. The van der Waals surface area contributed by atoms with Crippen LogP contribution in [-0.4, -0.2) is 29.3 Å². The maximum atomic E-state index is 12.2. The molecule has 0 fully saturated rings. The molecule has 0 aliphatic carbocycles. The molecule has 9 heteroatoms. The van der Waals surface area contributed by atoms with Crippen molar-refractivity contribution >= 4 is 21.8 Å². The number of aromatic nitrogens is 2. The fourth-order valence-corrected chi connectivity index (χ4v) is 2.71. The Labute approximate surface area is 120 Å². The van der Waals surface area contributed by atoms with E-state index < -0.39 is 16.0 Å². The number of carboxylic acids is 1. The highest BCUT2D eigenvalue weighted by Crippen LogP contribution is 2.19. The Morgan fingerprint density at radius 2 is 2.00 bits per heavy atom. The second kappa shape index (κ2) is 5.26. The number of hydrogen-bond acceptors (Lipinski definition) is 5. The number of carbonyl (C=O) groups is 1. The van der Waals surface area contributed by atoms with E-state index in [1.54, 1.807) is 0 Å². The van der Waals surface area contributed by atoms with Crippen LogP contribution in [0.5, 0.6) is 0 Å². The number of nitriles is 1. The third-order valence-corrected chi connectivity index (χ3v) is 4.06. The molecule has 0 radical (unpaired) electrons. The molecule has 0 saturated carbocycles. The topological polar surface area (TPSA) is 125 Å². The number of sulfonamides is 1. The molecule has 1 heterocycles. The number of carboxylic acid groups (broad SMARTS) is 1. The van der Waals surface area contributed by atoms with Gasteiger partial charge in [0.1, 0.15) is 11.6 Å². The number of nitrogens with zero attached hydrogens (tertiary/aromatic N) is 3. The van der Waals surface area contributed by atoms with Gasteiger partial charge in [-0.25, -0.2) is 13.2 Å². The third-order valence-electron chi connectivity index (χ3n) is 2.70. The van der Waals surface area contributed by atoms with Crippen LogP contribution in [0.2, 0.25) is 0 Å². The van der Waals surface area contributed by atoms with E-state index in [2.05, 4.69) is 9.82 Å². The van der Waals surface area contributed by atoms with Crippen molar-refractivity contribution in [2.24, 2.45) is 7.05 Å². The average molecular weight is 306 g/mol. The van der Waals surface area contributed by atoms with Crippen LogP contribution < -0.4 is 4.72 Å². The maximum Gasteiger partial charge on any atom is 0.335 e. The Morgan fingerprint density at radius 1 is 1.38 bits per heavy atom. The van der Waals surface area contributed by atoms with Crippen molar-refractivity contribution in [3.8, 4) is 6.07 Å². The van der Waals surface area contributed by atoms with Crippen molar-refractivity contribution < 1.29 is 18.3 Å². The molecular formula is C12H10N4O4S. The number of rotatable bonds is 4. The first-order chi connectivity index (χ1) is 9.85. The quantitative estimate of drug-likeness (QED) is 0.860. The van der Waals surface area contributed by atoms with Crippen LogP contribution in [0, 0.1) is 11.3 Å². The van der Waals surface area contributed by atoms with Gasteiger partial charge in [-0.05, 0) is 24.3 Å². The van der Waals surface area contributed by atoms with E-state index in [0.717, 1.165) is 0 Å². The summed E-state index contributed by atoms with van der Waals surface area (Å²) < 4.78 is 27.9. The van der Waals surface area contributed by atoms with Crippen molar-refractivity contribution in [3.63, 3.8) is 0 Å². The lowest BCUT2D eigenvalue weighted by Crippen LogP contribution is -2.16. The SMILES string of the molecule is Cn1ncc(C#N)c1NS(=O)(=O)c1ccc(C(=O)O)cc1. The van der Waals surface area contributed by atoms with Gasteiger partial charge in [-0.15, -0.1) is 0 Å². The molecule has 2 rings (SSSR count). The summed E-state index contributed by atoms with van der Waals surface area (Å²) in [6.45, 7) is 0. The van der Waals surface area contributed by atoms with Crippen LogP contribution in [0.4, 0.5) is 5.82 Å². The van der Waals surface area contributed by atoms with Gasteiger partial charge in [0.2, 0.25) is 0 Å². The van der Waals surface area contributed by atoms with E-state index in [4.69, 9.17) is 10.4 Å². The molecule has 21 heavy (non-hydrogen) atoms. The summed E-state index contributed by atoms with van der Waals surface area (Å²) in [6, 6.07) is 6.55. The van der Waals surface area contributed by atoms with Gasteiger partial charge in [0, 0.05) is 7.05 Å². The van der Waals surface area contributed by atoms with Crippen LogP contribution in [0.1, 0.15) is 15.9 Å². The summed E-state index contributed by atoms with van der Waals surface area (Å²) in [4.78, 5) is 10.6. The van der Waals surface area contributed by atoms with Crippen molar-refractivity contribution in [1.29, 1.82) is 5.26 Å². The third kappa shape index (κ3) is 2.85. The second-order valence-corrected chi connectivity index (χ2v) is 5.76. The molecule has 0 spiro atoms. The van der Waals surface area contributed by atoms with Crippen LogP contribution in [-0.2, 0) is 17.1 Å². The Morgan fingerprint density at radius 3 is 2.52 bits per heavy atom. The first-order valence-electron chi connectivity index (χ1n) is 5.63. The molecule has 0 saturated heterocycles. The van der Waals surface area contributed by atoms with Gasteiger partial charge in [-0.1, -0.05) is 0 Å². The zero-order valence-corrected chi connectivity index (χ0v) is 11.6. The van der Waals surface area contributed by atoms with E-state index in [1.807, 2.05) is 6.07 Å². The Bertz CT molecular complexity index is 831. The first kappa shape index (κ1) is 14.5. The number of hydrogen-bond donors (Lipinski definition) is 2. The van der Waals surface area contributed by atoms with E-state index in [0.29, 0.717) is 0 Å². The predicted molar refractivity (Wildman–Crippen MR) is 72.1 cm³/mol. The molecule has 0 unspecified atom stereocenters. The van der Waals surface area contributed by atoms with Crippen LogP contribution in [0.15, 0.2) is 35.4 Å². The van der Waals surface area contributed by atoms with E-state index in [1.165, 1.54) is 42.2 Å². The summed E-state index contributed by atoms with van der Waals surface area (Å²) >= 11 is 0. The average Bonchev–Trinajstić information content (AvgIpc) is 2.79. The van der Waals surface area contributed by atoms with Crippen molar-refractivity contribution in [2.75, 3.05) is 4.72 Å². The number of nitrogens with one attached hydrogen (secondary N) is 1. The van der Waals surface area contributed by atoms with Gasteiger partial charge < -0.3 is 5.11 Å². The van der Waals surface area contributed by atoms with Gasteiger partial charge in [-0.2, -0.15) is 10.4 Å². The zero-order chi connectivity index (χ0) is 15.6. The summed E-state index contributed by atoms with van der Waals surface area (Å²) in [5.74, 6) is -1.11. The van der Waals surface area contributed by atoms with E-state index >= 15 is 0 Å². The van der Waals surface area contributed by atoms with E-state index in [-0.39, 0.29) is 21.8 Å². The monoisotopic (exact) mass is 306 g/mol. The standard InChI is InChI=1S/C12H10N4O4S/c1-16-11(9(6-13)7-14-16)15-21(19,20)10-4-2-8(3-5-10)12(17)18/h2-5,7,15H,1H3,(H,17,18). The molecule has 108 valence electrons. The summed E-state index contributed by atoms with van der Waals surface area (Å²) in [7, 11) is -2.44. The van der Waals surface area contributed by atoms with Crippen LogP contribution in [0.25, 0.3) is 0 Å². The largest absolute Gasteiger partial charge is 0.478 e. The van der Waals surface area contributed by atoms with Gasteiger partial charge in [0.25, 0.3) is 10.0 Å². The maximum absolute atomic E-state index is 12.2. The van der Waals surface area contributed by atoms with Gasteiger partial charge >= 0.3 is 5.97 Å². The lowest BCUT2D eigenvalue weighted by Gasteiger charge is -2.08. The molecule has 0 atom stereocenters. The molecule has 1 aromatic carbocycles. The zero-order valence-electron chi connectivity index (χ0n) is 10.8. The number of anilines is 1. The molecule has 0 aliphatic heterocycles. The molecule has 8 nitrogen and oxygen atoms in total. The molecule has 0 aliphatic rings. The fourth-order valence-electron chi connectivity index (χ4n) is 1.60. The van der Waals surface area contributed by atoms with Crippen molar-refractivity contribution in [1.82, 2.24) is 9.78 Å². The van der Waals surface area contributed by atoms with E-state index in [9.17, 15) is 13.2 Å². The molecule has 0 bridgehead atoms. The molecule has 0 amide bonds. The second-order valence-electron chi connectivity index (χ2n) is 4.08. The lowest BCUT2D eigenvalue weighted by atomic mass is 10.2. The minimum absolute atomic E-state index is 0.0211. The molecular weight excluding hydrogens is 296 g/mol. The Hall–Kier alpha value is -2.86. The molecule has 1 aromatic heterocycles. The van der Waals surface area contributed by atoms with Gasteiger partial charge in [0.05, 0.1) is 16.7 Å². The predicted octanol–water partition coefficient (Wildman–Crippen LogP) is 0.791. The highest BCUT2D eigenvalue weighted by atomic mass is 32.2. The summed E-state index contributed by atoms with van der Waals surface area (Å²) in [5.41, 5.74) is 0.0652. The van der Waals surface area contributed by atoms with Crippen LogP contribution in [0.3, 0.4) is 0 Å². The molecule has 2 N–H and O–H groups in total. The number of aromatic carboxylic acids is 1. The van der Waals surface area contributed by atoms with Crippen molar-refractivity contribution in [2.45, 2.75) is 4.90 Å². The summed E-state index contributed by atoms with van der Waals surface area (Å²) in [5, 5.41) is 21.5. The number of aryl methyl sites for hydroxylation is 1. The van der Waals surface area contributed by atoms with Gasteiger partial charge in [-0.3, -0.25) is 9.40 Å². The highest BCUT2D eigenvalue weighted by molar-refractivity contribution is 7.92. The highest BCUT2D eigenvalue weighted by Gasteiger charge is 2.19. The first-order valence-corrected chi connectivity index (χ1v) is 7.12. The van der Waals surface area contributed by atoms with Gasteiger partial charge in [0.15, 0.2) is 5.82 Å².